The number of furan rings is 1. The molecule has 2 atom stereocenters. The molecule has 0 radical (unpaired) electrons. The Balaban J connectivity index is 2.30. The van der Waals surface area contributed by atoms with Crippen molar-refractivity contribution < 1.29 is 12.8 Å². The molecule has 2 heterocycles. The van der Waals surface area contributed by atoms with E-state index in [2.05, 4.69) is 5.32 Å². The van der Waals surface area contributed by atoms with Crippen molar-refractivity contribution in [2.24, 2.45) is 5.92 Å². The molecule has 1 aliphatic heterocycles. The van der Waals surface area contributed by atoms with Gasteiger partial charge in [0, 0.05) is 11.6 Å². The van der Waals surface area contributed by atoms with Gasteiger partial charge in [0.15, 0.2) is 9.84 Å². The van der Waals surface area contributed by atoms with Gasteiger partial charge in [0.1, 0.15) is 11.5 Å². The molecule has 5 heteroatoms. The number of hydrogen-bond acceptors (Lipinski definition) is 4. The van der Waals surface area contributed by atoms with Gasteiger partial charge < -0.3 is 9.73 Å². The number of rotatable bonds is 1. The molecule has 0 spiro atoms. The number of sulfone groups is 1. The van der Waals surface area contributed by atoms with Gasteiger partial charge in [-0.05, 0) is 32.4 Å². The third-order valence-electron chi connectivity index (χ3n) is 3.13. The van der Waals surface area contributed by atoms with E-state index in [-0.39, 0.29) is 23.5 Å². The van der Waals surface area contributed by atoms with Crippen LogP contribution in [0.5, 0.6) is 0 Å². The van der Waals surface area contributed by atoms with Crippen molar-refractivity contribution in [2.45, 2.75) is 26.8 Å². The Kier molecular flexibility index (Phi) is 3.32. The average Bonchev–Trinajstić information content (AvgIpc) is 2.43. The van der Waals surface area contributed by atoms with Crippen molar-refractivity contribution in [1.82, 2.24) is 5.32 Å². The van der Waals surface area contributed by atoms with E-state index < -0.39 is 9.84 Å². The molecule has 0 amide bonds. The van der Waals surface area contributed by atoms with Crippen LogP contribution in [0, 0.1) is 19.8 Å². The molecule has 17 heavy (non-hydrogen) atoms. The summed E-state index contributed by atoms with van der Waals surface area (Å²) in [4.78, 5) is 0. The average molecular weight is 257 g/mol. The second-order valence-corrected chi connectivity index (χ2v) is 7.17. The molecule has 0 aromatic carbocycles. The summed E-state index contributed by atoms with van der Waals surface area (Å²) >= 11 is 0. The van der Waals surface area contributed by atoms with Gasteiger partial charge in [-0.25, -0.2) is 8.42 Å². The van der Waals surface area contributed by atoms with E-state index in [1.165, 1.54) is 0 Å². The van der Waals surface area contributed by atoms with E-state index >= 15 is 0 Å². The van der Waals surface area contributed by atoms with Crippen LogP contribution >= 0.6 is 0 Å². The molecule has 0 saturated carbocycles. The predicted molar refractivity (Wildman–Crippen MR) is 66.7 cm³/mol. The minimum Gasteiger partial charge on any atom is -0.466 e. The first-order valence-corrected chi connectivity index (χ1v) is 7.70. The molecule has 2 rings (SSSR count). The zero-order chi connectivity index (χ0) is 12.6. The quantitative estimate of drug-likeness (QED) is 0.830. The molecule has 4 nitrogen and oxygen atoms in total. The summed E-state index contributed by atoms with van der Waals surface area (Å²) in [6.07, 6.45) is 0. The zero-order valence-electron chi connectivity index (χ0n) is 10.5. The summed E-state index contributed by atoms with van der Waals surface area (Å²) in [7, 11) is -2.98. The number of aryl methyl sites for hydroxylation is 2. The molecule has 0 bridgehead atoms. The standard InChI is InChI=1S/C12H19NO3S/c1-8-5-13-12(7-17(14,15)6-8)11-4-9(2)16-10(11)3/h4,8,12-13H,5-7H2,1-3H3. The highest BCUT2D eigenvalue weighted by Gasteiger charge is 2.28. The maximum atomic E-state index is 11.9. The molecular weight excluding hydrogens is 238 g/mol. The van der Waals surface area contributed by atoms with Crippen molar-refractivity contribution in [1.29, 1.82) is 0 Å². The van der Waals surface area contributed by atoms with Crippen molar-refractivity contribution in [3.63, 3.8) is 0 Å². The number of nitrogens with one attached hydrogen (secondary N) is 1. The van der Waals surface area contributed by atoms with Gasteiger partial charge in [0.05, 0.1) is 11.5 Å². The van der Waals surface area contributed by atoms with E-state index in [9.17, 15) is 8.42 Å². The van der Waals surface area contributed by atoms with Gasteiger partial charge in [-0.2, -0.15) is 0 Å². The highest BCUT2D eigenvalue weighted by Crippen LogP contribution is 2.25. The lowest BCUT2D eigenvalue weighted by Crippen LogP contribution is -2.26. The largest absolute Gasteiger partial charge is 0.466 e. The maximum absolute atomic E-state index is 11.9. The lowest BCUT2D eigenvalue weighted by Gasteiger charge is -2.14. The highest BCUT2D eigenvalue weighted by atomic mass is 32.2. The SMILES string of the molecule is Cc1cc(C2CS(=O)(=O)CC(C)CN2)c(C)o1. The van der Waals surface area contributed by atoms with Crippen molar-refractivity contribution in [2.75, 3.05) is 18.1 Å². The summed E-state index contributed by atoms with van der Waals surface area (Å²) in [5.41, 5.74) is 0.972. The topological polar surface area (TPSA) is 59.3 Å². The lowest BCUT2D eigenvalue weighted by atomic mass is 10.1. The van der Waals surface area contributed by atoms with Gasteiger partial charge >= 0.3 is 0 Å². The fraction of sp³-hybridized carbons (Fsp3) is 0.667. The van der Waals surface area contributed by atoms with Gasteiger partial charge in [-0.15, -0.1) is 0 Å². The van der Waals surface area contributed by atoms with Crippen LogP contribution in [0.15, 0.2) is 10.5 Å². The van der Waals surface area contributed by atoms with Gasteiger partial charge in [-0.1, -0.05) is 6.92 Å². The molecule has 0 aliphatic carbocycles. The first-order chi connectivity index (χ1) is 7.87. The van der Waals surface area contributed by atoms with Gasteiger partial charge in [-0.3, -0.25) is 0 Å². The Hall–Kier alpha value is -0.810. The molecule has 2 unspecified atom stereocenters. The van der Waals surface area contributed by atoms with E-state index in [0.717, 1.165) is 23.6 Å². The normalized spacial score (nSPS) is 28.9. The molecule has 96 valence electrons. The van der Waals surface area contributed by atoms with Gasteiger partial charge in [0.25, 0.3) is 0 Å². The number of hydrogen-bond donors (Lipinski definition) is 1. The van der Waals surface area contributed by atoms with Crippen LogP contribution < -0.4 is 5.32 Å². The predicted octanol–water partition coefficient (Wildman–Crippen LogP) is 1.59. The molecule has 1 fully saturated rings. The molecule has 1 saturated heterocycles. The summed E-state index contributed by atoms with van der Waals surface area (Å²) in [5, 5.41) is 3.32. The lowest BCUT2D eigenvalue weighted by molar-refractivity contribution is 0.482. The third-order valence-corrected chi connectivity index (χ3v) is 5.04. The van der Waals surface area contributed by atoms with Crippen molar-refractivity contribution in [3.05, 3.63) is 23.2 Å². The van der Waals surface area contributed by atoms with Crippen LogP contribution in [0.2, 0.25) is 0 Å². The Morgan fingerprint density at radius 1 is 1.35 bits per heavy atom. The maximum Gasteiger partial charge on any atom is 0.152 e. The van der Waals surface area contributed by atoms with Crippen LogP contribution in [0.4, 0.5) is 0 Å². The fourth-order valence-corrected chi connectivity index (χ4v) is 4.34. The molecule has 1 aliphatic rings. The van der Waals surface area contributed by atoms with Crippen molar-refractivity contribution >= 4 is 9.84 Å². The molecule has 1 N–H and O–H groups in total. The minimum absolute atomic E-state index is 0.137. The summed E-state index contributed by atoms with van der Waals surface area (Å²) in [5.74, 6) is 2.24. The van der Waals surface area contributed by atoms with Crippen LogP contribution in [0.3, 0.4) is 0 Å². The second kappa shape index (κ2) is 4.46. The summed E-state index contributed by atoms with van der Waals surface area (Å²) in [6, 6.07) is 1.79. The minimum atomic E-state index is -2.98. The second-order valence-electron chi connectivity index (χ2n) is 5.01. The van der Waals surface area contributed by atoms with Crippen LogP contribution in [0.25, 0.3) is 0 Å². The van der Waals surface area contributed by atoms with E-state index in [1.54, 1.807) is 0 Å². The molecule has 1 aromatic heterocycles. The fourth-order valence-electron chi connectivity index (χ4n) is 2.41. The molecule has 1 aromatic rings. The van der Waals surface area contributed by atoms with E-state index in [0.29, 0.717) is 0 Å². The molecular formula is C12H19NO3S. The van der Waals surface area contributed by atoms with Crippen molar-refractivity contribution in [3.8, 4) is 0 Å². The monoisotopic (exact) mass is 257 g/mol. The van der Waals surface area contributed by atoms with E-state index in [4.69, 9.17) is 4.42 Å². The first kappa shape index (κ1) is 12.6. The summed E-state index contributed by atoms with van der Waals surface area (Å²) in [6.45, 7) is 6.45. The Bertz CT molecular complexity index is 504. The van der Waals surface area contributed by atoms with E-state index in [1.807, 2.05) is 26.8 Å². The first-order valence-electron chi connectivity index (χ1n) is 5.88. The van der Waals surface area contributed by atoms with Crippen LogP contribution in [-0.2, 0) is 9.84 Å². The Morgan fingerprint density at radius 3 is 2.65 bits per heavy atom. The highest BCUT2D eigenvalue weighted by molar-refractivity contribution is 7.91. The summed E-state index contributed by atoms with van der Waals surface area (Å²) < 4.78 is 29.3. The van der Waals surface area contributed by atoms with Gasteiger partial charge in [0.2, 0.25) is 0 Å². The zero-order valence-corrected chi connectivity index (χ0v) is 11.3. The Morgan fingerprint density at radius 2 is 2.06 bits per heavy atom. The third kappa shape index (κ3) is 2.90. The Labute approximate surface area is 102 Å². The smallest absolute Gasteiger partial charge is 0.152 e. The van der Waals surface area contributed by atoms with Crippen LogP contribution in [-0.4, -0.2) is 26.5 Å². The van der Waals surface area contributed by atoms with Crippen LogP contribution in [0.1, 0.15) is 30.0 Å².